The van der Waals surface area contributed by atoms with Crippen LogP contribution in [-0.2, 0) is 11.8 Å². The van der Waals surface area contributed by atoms with Crippen LogP contribution in [0, 0.1) is 0 Å². The monoisotopic (exact) mass is 225 g/mol. The van der Waals surface area contributed by atoms with Gasteiger partial charge in [0.1, 0.15) is 0 Å². The molecule has 1 heterocycles. The minimum atomic E-state index is -0.525. The quantitative estimate of drug-likeness (QED) is 0.838. The number of nitrogens with one attached hydrogen (secondary N) is 1. The van der Waals surface area contributed by atoms with Gasteiger partial charge in [-0.2, -0.15) is 5.10 Å². The third kappa shape index (κ3) is 3.92. The first-order valence-corrected chi connectivity index (χ1v) is 5.25. The van der Waals surface area contributed by atoms with E-state index in [-0.39, 0.29) is 11.4 Å². The van der Waals surface area contributed by atoms with Crippen LogP contribution in [0.2, 0.25) is 0 Å². The van der Waals surface area contributed by atoms with Gasteiger partial charge in [-0.3, -0.25) is 9.48 Å². The van der Waals surface area contributed by atoms with Gasteiger partial charge in [0.2, 0.25) is 0 Å². The molecule has 0 spiro atoms. The van der Waals surface area contributed by atoms with Crippen LogP contribution < -0.4 is 10.1 Å². The summed E-state index contributed by atoms with van der Waals surface area (Å²) in [5, 5.41) is 6.82. The van der Waals surface area contributed by atoms with Crippen LogP contribution >= 0.6 is 0 Å². The summed E-state index contributed by atoms with van der Waals surface area (Å²) in [7, 11) is 1.80. The highest BCUT2D eigenvalue weighted by atomic mass is 16.5. The van der Waals surface area contributed by atoms with Gasteiger partial charge in [0.05, 0.1) is 12.4 Å². The van der Waals surface area contributed by atoms with E-state index in [2.05, 4.69) is 10.4 Å². The van der Waals surface area contributed by atoms with E-state index in [1.54, 1.807) is 31.0 Å². The summed E-state index contributed by atoms with van der Waals surface area (Å²) >= 11 is 0. The number of aryl methyl sites for hydroxylation is 1. The van der Waals surface area contributed by atoms with Crippen molar-refractivity contribution >= 4 is 5.91 Å². The molecule has 1 N–H and O–H groups in total. The average molecular weight is 225 g/mol. The van der Waals surface area contributed by atoms with E-state index < -0.39 is 6.10 Å². The lowest BCUT2D eigenvalue weighted by Gasteiger charge is -2.23. The fraction of sp³-hybridized carbons (Fsp3) is 0.636. The minimum Gasteiger partial charge on any atom is -0.478 e. The molecule has 5 nitrogen and oxygen atoms in total. The molecule has 1 amide bonds. The highest BCUT2D eigenvalue weighted by Gasteiger charge is 2.20. The molecule has 0 saturated heterocycles. The largest absolute Gasteiger partial charge is 0.478 e. The van der Waals surface area contributed by atoms with Gasteiger partial charge in [-0.05, 0) is 27.7 Å². The Morgan fingerprint density at radius 2 is 2.19 bits per heavy atom. The number of carbonyl (C=O) groups is 1. The molecule has 1 atom stereocenters. The summed E-state index contributed by atoms with van der Waals surface area (Å²) in [6, 6.07) is 0. The molecule has 1 rings (SSSR count). The molecular weight excluding hydrogens is 206 g/mol. The van der Waals surface area contributed by atoms with Crippen LogP contribution in [0.15, 0.2) is 12.4 Å². The Labute approximate surface area is 95.8 Å². The second-order valence-corrected chi connectivity index (χ2v) is 4.85. The van der Waals surface area contributed by atoms with Crippen molar-refractivity contribution in [3.05, 3.63) is 12.4 Å². The van der Waals surface area contributed by atoms with E-state index in [0.717, 1.165) is 0 Å². The van der Waals surface area contributed by atoms with Crippen molar-refractivity contribution in [1.29, 1.82) is 0 Å². The number of hydrogen-bond donors (Lipinski definition) is 1. The lowest BCUT2D eigenvalue weighted by atomic mass is 10.1. The first kappa shape index (κ1) is 12.5. The van der Waals surface area contributed by atoms with Crippen LogP contribution in [0.4, 0.5) is 0 Å². The lowest BCUT2D eigenvalue weighted by molar-refractivity contribution is -0.128. The van der Waals surface area contributed by atoms with Gasteiger partial charge >= 0.3 is 0 Å². The summed E-state index contributed by atoms with van der Waals surface area (Å²) in [6.07, 6.45) is 2.78. The third-order valence-electron chi connectivity index (χ3n) is 1.86. The van der Waals surface area contributed by atoms with Crippen molar-refractivity contribution < 1.29 is 9.53 Å². The van der Waals surface area contributed by atoms with Crippen molar-refractivity contribution in [3.8, 4) is 5.75 Å². The number of aromatic nitrogens is 2. The molecule has 1 aromatic rings. The second-order valence-electron chi connectivity index (χ2n) is 4.85. The maximum absolute atomic E-state index is 11.7. The normalized spacial score (nSPS) is 13.3. The number of ether oxygens (including phenoxy) is 1. The molecule has 0 aromatic carbocycles. The van der Waals surface area contributed by atoms with Crippen LogP contribution in [0.5, 0.6) is 5.75 Å². The van der Waals surface area contributed by atoms with E-state index in [0.29, 0.717) is 5.75 Å². The Balaban J connectivity index is 2.52. The molecule has 0 aliphatic rings. The average Bonchev–Trinajstić information content (AvgIpc) is 2.48. The number of hydrogen-bond acceptors (Lipinski definition) is 3. The molecule has 1 unspecified atom stereocenters. The van der Waals surface area contributed by atoms with E-state index in [4.69, 9.17) is 4.74 Å². The molecule has 0 aliphatic heterocycles. The van der Waals surface area contributed by atoms with Gasteiger partial charge in [0.25, 0.3) is 5.91 Å². The molecule has 90 valence electrons. The van der Waals surface area contributed by atoms with Crippen molar-refractivity contribution in [2.45, 2.75) is 39.3 Å². The smallest absolute Gasteiger partial charge is 0.261 e. The van der Waals surface area contributed by atoms with Crippen LogP contribution in [-0.4, -0.2) is 27.3 Å². The Morgan fingerprint density at radius 3 is 2.62 bits per heavy atom. The molecule has 5 heteroatoms. The maximum atomic E-state index is 11.7. The number of rotatable bonds is 3. The van der Waals surface area contributed by atoms with Crippen molar-refractivity contribution in [1.82, 2.24) is 15.1 Å². The van der Waals surface area contributed by atoms with Crippen molar-refractivity contribution in [2.24, 2.45) is 7.05 Å². The first-order chi connectivity index (χ1) is 7.28. The highest BCUT2D eigenvalue weighted by molar-refractivity contribution is 5.81. The first-order valence-electron chi connectivity index (χ1n) is 5.25. The molecule has 0 aliphatic carbocycles. The summed E-state index contributed by atoms with van der Waals surface area (Å²) in [5.74, 6) is 0.468. The highest BCUT2D eigenvalue weighted by Crippen LogP contribution is 2.10. The second kappa shape index (κ2) is 4.55. The predicted octanol–water partition coefficient (Wildman–Crippen LogP) is 1.10. The van der Waals surface area contributed by atoms with Gasteiger partial charge in [0.15, 0.2) is 11.9 Å². The molecule has 0 radical (unpaired) electrons. The number of carbonyl (C=O) groups excluding carboxylic acids is 1. The summed E-state index contributed by atoms with van der Waals surface area (Å²) < 4.78 is 7.08. The van der Waals surface area contributed by atoms with Gasteiger partial charge in [-0.15, -0.1) is 0 Å². The zero-order chi connectivity index (χ0) is 12.3. The molecule has 0 saturated carbocycles. The van der Waals surface area contributed by atoms with Crippen LogP contribution in [0.1, 0.15) is 27.7 Å². The van der Waals surface area contributed by atoms with E-state index in [9.17, 15) is 4.79 Å². The van der Waals surface area contributed by atoms with Gasteiger partial charge in [-0.25, -0.2) is 0 Å². The van der Waals surface area contributed by atoms with Gasteiger partial charge in [0, 0.05) is 12.6 Å². The molecule has 16 heavy (non-hydrogen) atoms. The molecule has 0 bridgehead atoms. The van der Waals surface area contributed by atoms with Crippen LogP contribution in [0.25, 0.3) is 0 Å². The molecule has 0 fully saturated rings. The topological polar surface area (TPSA) is 56.2 Å². The van der Waals surface area contributed by atoms with Gasteiger partial charge < -0.3 is 10.1 Å². The fourth-order valence-electron chi connectivity index (χ4n) is 1.19. The van der Waals surface area contributed by atoms with E-state index in [1.807, 2.05) is 20.8 Å². The van der Waals surface area contributed by atoms with Crippen molar-refractivity contribution in [2.75, 3.05) is 0 Å². The maximum Gasteiger partial charge on any atom is 0.261 e. The predicted molar refractivity (Wildman–Crippen MR) is 61.2 cm³/mol. The minimum absolute atomic E-state index is 0.128. The van der Waals surface area contributed by atoms with E-state index >= 15 is 0 Å². The third-order valence-corrected chi connectivity index (χ3v) is 1.86. The Bertz CT molecular complexity index is 366. The molecule has 1 aromatic heterocycles. The fourth-order valence-corrected chi connectivity index (χ4v) is 1.19. The van der Waals surface area contributed by atoms with Crippen LogP contribution in [0.3, 0.4) is 0 Å². The SMILES string of the molecule is CC(Oc1cnn(C)c1)C(=O)NC(C)(C)C. The zero-order valence-corrected chi connectivity index (χ0v) is 10.4. The van der Waals surface area contributed by atoms with E-state index in [1.165, 1.54) is 0 Å². The lowest BCUT2D eigenvalue weighted by Crippen LogP contribution is -2.46. The Morgan fingerprint density at radius 1 is 1.56 bits per heavy atom. The summed E-state index contributed by atoms with van der Waals surface area (Å²) in [6.45, 7) is 7.51. The zero-order valence-electron chi connectivity index (χ0n) is 10.4. The summed E-state index contributed by atoms with van der Waals surface area (Å²) in [5.41, 5.74) is -0.246. The Kier molecular flexibility index (Phi) is 3.57. The standard InChI is InChI=1S/C11H19N3O2/c1-8(10(15)13-11(2,3)4)16-9-6-12-14(5)7-9/h6-8H,1-5H3,(H,13,15). The molecular formula is C11H19N3O2. The van der Waals surface area contributed by atoms with Crippen molar-refractivity contribution in [3.63, 3.8) is 0 Å². The van der Waals surface area contributed by atoms with Gasteiger partial charge in [-0.1, -0.05) is 0 Å². The number of amides is 1. The summed E-state index contributed by atoms with van der Waals surface area (Å²) in [4.78, 5) is 11.7. The number of nitrogens with zero attached hydrogens (tertiary/aromatic N) is 2. The Hall–Kier alpha value is -1.52.